The average molecular weight is 319 g/mol. The Morgan fingerprint density at radius 1 is 1.25 bits per heavy atom. The van der Waals surface area contributed by atoms with Crippen molar-refractivity contribution in [2.24, 2.45) is 5.73 Å². The molecule has 1 heterocycles. The molecule has 1 atom stereocenters. The molecule has 2 rings (SSSR count). The molecular weight excluding hydrogens is 296 g/mol. The number of nitrogens with two attached hydrogens (primary N) is 1. The Morgan fingerprint density at radius 3 is 2.40 bits per heavy atom. The van der Waals surface area contributed by atoms with E-state index in [1.165, 1.54) is 9.87 Å². The number of benzene rings is 1. The van der Waals surface area contributed by atoms with Crippen LogP contribution in [0, 0.1) is 0 Å². The van der Waals surface area contributed by atoms with Gasteiger partial charge in [0.15, 0.2) is 0 Å². The molecule has 0 radical (unpaired) electrons. The van der Waals surface area contributed by atoms with Crippen LogP contribution >= 0.6 is 12.4 Å². The van der Waals surface area contributed by atoms with Crippen molar-refractivity contribution < 1.29 is 8.42 Å². The first-order valence-electron chi connectivity index (χ1n) is 6.86. The van der Waals surface area contributed by atoms with E-state index >= 15 is 0 Å². The highest BCUT2D eigenvalue weighted by molar-refractivity contribution is 7.89. The van der Waals surface area contributed by atoms with E-state index in [0.717, 1.165) is 24.8 Å². The van der Waals surface area contributed by atoms with Crippen LogP contribution in [0.4, 0.5) is 0 Å². The van der Waals surface area contributed by atoms with Gasteiger partial charge in [-0.2, -0.15) is 4.31 Å². The van der Waals surface area contributed by atoms with Gasteiger partial charge in [-0.05, 0) is 42.5 Å². The maximum absolute atomic E-state index is 12.5. The van der Waals surface area contributed by atoms with Crippen molar-refractivity contribution in [2.75, 3.05) is 13.1 Å². The Morgan fingerprint density at radius 2 is 1.90 bits per heavy atom. The minimum atomic E-state index is -3.38. The van der Waals surface area contributed by atoms with Gasteiger partial charge >= 0.3 is 0 Å². The number of hydrogen-bond donors (Lipinski definition) is 1. The number of hydrogen-bond acceptors (Lipinski definition) is 3. The van der Waals surface area contributed by atoms with Gasteiger partial charge in [-0.25, -0.2) is 8.42 Å². The minimum absolute atomic E-state index is 0. The lowest BCUT2D eigenvalue weighted by Crippen LogP contribution is -2.32. The molecular formula is C14H23ClN2O2S. The van der Waals surface area contributed by atoms with Crippen LogP contribution in [0.5, 0.6) is 0 Å². The molecule has 4 nitrogen and oxygen atoms in total. The molecule has 1 aliphatic heterocycles. The molecule has 0 bridgehead atoms. The van der Waals surface area contributed by atoms with Gasteiger partial charge in [0.1, 0.15) is 0 Å². The zero-order chi connectivity index (χ0) is 14.0. The predicted octanol–water partition coefficient (Wildman–Crippen LogP) is 1.95. The van der Waals surface area contributed by atoms with Crippen molar-refractivity contribution in [3.8, 4) is 0 Å². The summed E-state index contributed by atoms with van der Waals surface area (Å²) in [5.74, 6) is 0. The number of sulfonamides is 1. The van der Waals surface area contributed by atoms with E-state index in [9.17, 15) is 8.42 Å². The molecule has 1 saturated heterocycles. The van der Waals surface area contributed by atoms with Gasteiger partial charge in [0.2, 0.25) is 10.0 Å². The second-order valence-corrected chi connectivity index (χ2v) is 6.99. The third-order valence-corrected chi connectivity index (χ3v) is 5.63. The molecule has 1 aromatic rings. The summed E-state index contributed by atoms with van der Waals surface area (Å²) >= 11 is 0. The second kappa shape index (κ2) is 6.89. The van der Waals surface area contributed by atoms with E-state index in [-0.39, 0.29) is 18.4 Å². The smallest absolute Gasteiger partial charge is 0.243 e. The van der Waals surface area contributed by atoms with Gasteiger partial charge < -0.3 is 5.73 Å². The van der Waals surface area contributed by atoms with Crippen molar-refractivity contribution >= 4 is 22.4 Å². The summed E-state index contributed by atoms with van der Waals surface area (Å²) in [6.07, 6.45) is 2.52. The lowest BCUT2D eigenvalue weighted by atomic mass is 10.0. The maximum Gasteiger partial charge on any atom is 0.243 e. The van der Waals surface area contributed by atoms with Crippen LogP contribution in [0.1, 0.15) is 31.4 Å². The monoisotopic (exact) mass is 318 g/mol. The highest BCUT2D eigenvalue weighted by Crippen LogP contribution is 2.23. The summed E-state index contributed by atoms with van der Waals surface area (Å²) in [7, 11) is -3.38. The van der Waals surface area contributed by atoms with Gasteiger partial charge in [0, 0.05) is 19.1 Å². The van der Waals surface area contributed by atoms with Gasteiger partial charge in [0.05, 0.1) is 4.90 Å². The topological polar surface area (TPSA) is 63.4 Å². The summed E-state index contributed by atoms with van der Waals surface area (Å²) < 4.78 is 26.5. The number of nitrogens with zero attached hydrogens (tertiary/aromatic N) is 1. The zero-order valence-electron chi connectivity index (χ0n) is 12.0. The highest BCUT2D eigenvalue weighted by atomic mass is 35.5. The first kappa shape index (κ1) is 17.4. The fourth-order valence-electron chi connectivity index (χ4n) is 2.56. The lowest BCUT2D eigenvalue weighted by molar-refractivity contribution is 0.472. The molecule has 0 spiro atoms. The van der Waals surface area contributed by atoms with E-state index in [1.54, 1.807) is 6.07 Å². The standard InChI is InChI=1S/C14H22N2O2S.ClH/c1-3-11-5-6-14(9-12(11)4-2)19(17,18)16-8-7-13(15)10-16;/h5-6,9,13H,3-4,7-8,10,15H2,1-2H3;1H/t13-;/m0./s1. The molecule has 6 heteroatoms. The Labute approximate surface area is 127 Å². The normalized spacial score (nSPS) is 19.9. The largest absolute Gasteiger partial charge is 0.326 e. The summed E-state index contributed by atoms with van der Waals surface area (Å²) in [6, 6.07) is 5.44. The third kappa shape index (κ3) is 3.34. The van der Waals surface area contributed by atoms with Crippen LogP contribution < -0.4 is 5.73 Å². The number of rotatable bonds is 4. The molecule has 114 valence electrons. The van der Waals surface area contributed by atoms with Crippen LogP contribution in [0.15, 0.2) is 23.1 Å². The zero-order valence-corrected chi connectivity index (χ0v) is 13.6. The summed E-state index contributed by atoms with van der Waals surface area (Å²) in [5.41, 5.74) is 8.13. The molecule has 1 aromatic carbocycles. The SMILES string of the molecule is CCc1ccc(S(=O)(=O)N2CC[C@H](N)C2)cc1CC.Cl. The fourth-order valence-corrected chi connectivity index (χ4v) is 4.12. The van der Waals surface area contributed by atoms with Crippen molar-refractivity contribution in [2.45, 2.75) is 44.0 Å². The Hall–Kier alpha value is -0.620. The van der Waals surface area contributed by atoms with Gasteiger partial charge in [-0.3, -0.25) is 0 Å². The molecule has 0 unspecified atom stereocenters. The summed E-state index contributed by atoms with van der Waals surface area (Å²) in [6.45, 7) is 5.10. The average Bonchev–Trinajstić information content (AvgIpc) is 2.85. The quantitative estimate of drug-likeness (QED) is 0.923. The van der Waals surface area contributed by atoms with E-state index in [4.69, 9.17) is 5.73 Å². The fraction of sp³-hybridized carbons (Fsp3) is 0.571. The van der Waals surface area contributed by atoms with Crippen molar-refractivity contribution in [3.63, 3.8) is 0 Å². The summed E-state index contributed by atoms with van der Waals surface area (Å²) in [5, 5.41) is 0. The minimum Gasteiger partial charge on any atom is -0.326 e. The second-order valence-electron chi connectivity index (χ2n) is 5.05. The van der Waals surface area contributed by atoms with Crippen LogP contribution in [0.2, 0.25) is 0 Å². The van der Waals surface area contributed by atoms with Gasteiger partial charge in [-0.15, -0.1) is 12.4 Å². The highest BCUT2D eigenvalue weighted by Gasteiger charge is 2.31. The molecule has 0 aromatic heterocycles. The van der Waals surface area contributed by atoms with Crippen LogP contribution in [-0.4, -0.2) is 31.9 Å². The molecule has 0 aliphatic carbocycles. The Bertz CT molecular complexity index is 560. The molecule has 1 fully saturated rings. The van der Waals surface area contributed by atoms with E-state index < -0.39 is 10.0 Å². The van der Waals surface area contributed by atoms with E-state index in [1.807, 2.05) is 12.1 Å². The van der Waals surface area contributed by atoms with Crippen molar-refractivity contribution in [3.05, 3.63) is 29.3 Å². The molecule has 0 saturated carbocycles. The number of aryl methyl sites for hydroxylation is 2. The Kier molecular flexibility index (Phi) is 6.01. The first-order valence-corrected chi connectivity index (χ1v) is 8.30. The predicted molar refractivity (Wildman–Crippen MR) is 83.8 cm³/mol. The molecule has 1 aliphatic rings. The van der Waals surface area contributed by atoms with Crippen molar-refractivity contribution in [1.29, 1.82) is 0 Å². The number of halogens is 1. The third-order valence-electron chi connectivity index (χ3n) is 3.76. The lowest BCUT2D eigenvalue weighted by Gasteiger charge is -2.17. The maximum atomic E-state index is 12.5. The van der Waals surface area contributed by atoms with Crippen LogP contribution in [-0.2, 0) is 22.9 Å². The van der Waals surface area contributed by atoms with Crippen molar-refractivity contribution in [1.82, 2.24) is 4.31 Å². The van der Waals surface area contributed by atoms with Crippen LogP contribution in [0.3, 0.4) is 0 Å². The van der Waals surface area contributed by atoms with E-state index in [2.05, 4.69) is 13.8 Å². The first-order chi connectivity index (χ1) is 8.98. The van der Waals surface area contributed by atoms with E-state index in [0.29, 0.717) is 18.0 Å². The van der Waals surface area contributed by atoms with Gasteiger partial charge in [-0.1, -0.05) is 19.9 Å². The van der Waals surface area contributed by atoms with Gasteiger partial charge in [0.25, 0.3) is 0 Å². The Balaban J connectivity index is 0.00000200. The molecule has 2 N–H and O–H groups in total. The molecule has 0 amide bonds. The summed E-state index contributed by atoms with van der Waals surface area (Å²) in [4.78, 5) is 0.399. The molecule has 20 heavy (non-hydrogen) atoms. The van der Waals surface area contributed by atoms with Crippen LogP contribution in [0.25, 0.3) is 0 Å².